The van der Waals surface area contributed by atoms with Crippen LogP contribution in [0.15, 0.2) is 186 Å². The lowest BCUT2D eigenvalue weighted by Crippen LogP contribution is -2.02. The fourth-order valence-corrected chi connectivity index (χ4v) is 9.10. The highest BCUT2D eigenvalue weighted by molar-refractivity contribution is 6.12. The van der Waals surface area contributed by atoms with Crippen molar-refractivity contribution in [2.24, 2.45) is 0 Å². The first-order valence-corrected chi connectivity index (χ1v) is 17.8. The monoisotopic (exact) mass is 648 g/mol. The number of hydrogen-bond donors (Lipinski definition) is 0. The second kappa shape index (κ2) is 11.0. The van der Waals surface area contributed by atoms with Crippen LogP contribution >= 0.6 is 0 Å². The van der Waals surface area contributed by atoms with Crippen LogP contribution in [0.3, 0.4) is 0 Å². The fourth-order valence-electron chi connectivity index (χ4n) is 9.10. The van der Waals surface area contributed by atoms with Gasteiger partial charge in [0.25, 0.3) is 0 Å². The van der Waals surface area contributed by atoms with Crippen LogP contribution in [0.25, 0.3) is 66.4 Å². The molecule has 238 valence electrons. The van der Waals surface area contributed by atoms with E-state index in [2.05, 4.69) is 176 Å². The molecule has 0 radical (unpaired) electrons. The van der Waals surface area contributed by atoms with Crippen molar-refractivity contribution in [1.82, 2.24) is 0 Å². The zero-order valence-electron chi connectivity index (χ0n) is 27.9. The average molecular weight is 649 g/mol. The van der Waals surface area contributed by atoms with Crippen LogP contribution in [-0.4, -0.2) is 0 Å². The highest BCUT2D eigenvalue weighted by Gasteiger charge is 2.33. The molecule has 0 saturated heterocycles. The summed E-state index contributed by atoms with van der Waals surface area (Å²) in [6, 6.07) is 66.9. The van der Waals surface area contributed by atoms with Gasteiger partial charge in [0.05, 0.1) is 0 Å². The molecule has 0 N–H and O–H groups in total. The Kier molecular flexibility index (Phi) is 6.15. The van der Waals surface area contributed by atoms with Gasteiger partial charge in [0.2, 0.25) is 0 Å². The quantitative estimate of drug-likeness (QED) is 0.185. The number of benzene rings is 8. The molecule has 11 rings (SSSR count). The number of para-hydroxylation sites is 1. The van der Waals surface area contributed by atoms with Gasteiger partial charge in [0.1, 0.15) is 11.2 Å². The number of rotatable bonds is 4. The van der Waals surface area contributed by atoms with Crippen molar-refractivity contribution in [3.8, 4) is 44.5 Å². The molecule has 0 saturated carbocycles. The fraction of sp³-hybridized carbons (Fsp3) is 0.0400. The minimum absolute atomic E-state index is 0.0957. The highest BCUT2D eigenvalue weighted by atomic mass is 16.3. The van der Waals surface area contributed by atoms with Crippen molar-refractivity contribution in [3.05, 3.63) is 215 Å². The molecule has 0 amide bonds. The number of furan rings is 1. The van der Waals surface area contributed by atoms with Crippen molar-refractivity contribution in [3.63, 3.8) is 0 Å². The standard InChI is InChI=1S/C50H32O/c1-2-13-31(14-3-1)48-38-18-7-6-17-36(38)44-29-32(26-28-42(44)48)33-25-27-37-34-15-4-8-19-39(34)49(45(37)30-33)40-20-9-5-16-35(40)41-22-12-24-47-50(41)43-21-10-11-23-46(43)51-47/h1-30,48-49H. The van der Waals surface area contributed by atoms with Gasteiger partial charge in [0.15, 0.2) is 0 Å². The zero-order chi connectivity index (χ0) is 33.5. The van der Waals surface area contributed by atoms with E-state index in [0.717, 1.165) is 16.6 Å². The molecule has 1 nitrogen and oxygen atoms in total. The second-order valence-electron chi connectivity index (χ2n) is 13.9. The normalized spacial score (nSPS) is 15.5. The van der Waals surface area contributed by atoms with Gasteiger partial charge < -0.3 is 4.42 Å². The van der Waals surface area contributed by atoms with Gasteiger partial charge >= 0.3 is 0 Å². The van der Waals surface area contributed by atoms with E-state index < -0.39 is 0 Å². The number of fused-ring (bicyclic) bond motifs is 9. The second-order valence-corrected chi connectivity index (χ2v) is 13.9. The summed E-state index contributed by atoms with van der Waals surface area (Å²) in [6.07, 6.45) is 0. The molecular weight excluding hydrogens is 617 g/mol. The van der Waals surface area contributed by atoms with Crippen LogP contribution in [0.4, 0.5) is 0 Å². The van der Waals surface area contributed by atoms with Gasteiger partial charge in [-0.25, -0.2) is 0 Å². The molecule has 0 fully saturated rings. The van der Waals surface area contributed by atoms with Crippen molar-refractivity contribution >= 4 is 21.9 Å². The van der Waals surface area contributed by atoms with E-state index in [1.54, 1.807) is 0 Å². The van der Waals surface area contributed by atoms with Gasteiger partial charge in [-0.15, -0.1) is 0 Å². The van der Waals surface area contributed by atoms with Crippen LogP contribution in [0.1, 0.15) is 45.2 Å². The largest absolute Gasteiger partial charge is 0.456 e. The highest BCUT2D eigenvalue weighted by Crippen LogP contribution is 2.53. The Morgan fingerprint density at radius 2 is 0.843 bits per heavy atom. The van der Waals surface area contributed by atoms with Gasteiger partial charge in [-0.3, -0.25) is 0 Å². The molecule has 0 aliphatic heterocycles. The third-order valence-corrected chi connectivity index (χ3v) is 11.3. The summed E-state index contributed by atoms with van der Waals surface area (Å²) in [5.74, 6) is 0.344. The third kappa shape index (κ3) is 4.22. The van der Waals surface area contributed by atoms with E-state index in [4.69, 9.17) is 4.42 Å². The molecule has 9 aromatic rings. The topological polar surface area (TPSA) is 13.1 Å². The maximum atomic E-state index is 6.34. The predicted molar refractivity (Wildman–Crippen MR) is 210 cm³/mol. The van der Waals surface area contributed by atoms with Crippen molar-refractivity contribution < 1.29 is 4.42 Å². The Morgan fingerprint density at radius 3 is 1.63 bits per heavy atom. The molecule has 1 aromatic heterocycles. The zero-order valence-corrected chi connectivity index (χ0v) is 27.9. The Balaban J connectivity index is 1.08. The summed E-state index contributed by atoms with van der Waals surface area (Å²) >= 11 is 0. The lowest BCUT2D eigenvalue weighted by atomic mass is 9.83. The van der Waals surface area contributed by atoms with E-state index in [-0.39, 0.29) is 11.8 Å². The minimum atomic E-state index is 0.0957. The summed E-state index contributed by atoms with van der Waals surface area (Å²) in [6.45, 7) is 0. The van der Waals surface area contributed by atoms with Crippen molar-refractivity contribution in [2.45, 2.75) is 11.8 Å². The van der Waals surface area contributed by atoms with Crippen molar-refractivity contribution in [1.29, 1.82) is 0 Å². The molecule has 2 aliphatic rings. The maximum absolute atomic E-state index is 6.34. The first kappa shape index (κ1) is 28.4. The summed E-state index contributed by atoms with van der Waals surface area (Å²) in [4.78, 5) is 0. The first-order chi connectivity index (χ1) is 25.3. The molecule has 0 spiro atoms. The van der Waals surface area contributed by atoms with E-state index in [9.17, 15) is 0 Å². The Morgan fingerprint density at radius 1 is 0.314 bits per heavy atom. The molecule has 2 atom stereocenters. The summed E-state index contributed by atoms with van der Waals surface area (Å²) in [5.41, 5.74) is 20.2. The molecule has 8 aromatic carbocycles. The summed E-state index contributed by atoms with van der Waals surface area (Å²) in [5, 5.41) is 2.33. The van der Waals surface area contributed by atoms with E-state index in [1.165, 1.54) is 83.3 Å². The van der Waals surface area contributed by atoms with Gasteiger partial charge in [-0.1, -0.05) is 158 Å². The molecule has 2 unspecified atom stereocenters. The SMILES string of the molecule is c1ccc(C2c3ccccc3-c3cc(-c4ccc5c(c4)C(c4ccccc4-c4cccc6oc7ccccc7c46)c4ccccc4-5)ccc32)cc1. The van der Waals surface area contributed by atoms with Crippen LogP contribution < -0.4 is 0 Å². The van der Waals surface area contributed by atoms with E-state index in [1.807, 2.05) is 6.07 Å². The van der Waals surface area contributed by atoms with Crippen LogP contribution in [0, 0.1) is 0 Å². The minimum Gasteiger partial charge on any atom is -0.456 e. The van der Waals surface area contributed by atoms with Gasteiger partial charge in [0, 0.05) is 22.6 Å². The maximum Gasteiger partial charge on any atom is 0.136 e. The Hall–Kier alpha value is -6.44. The Bertz CT molecular complexity index is 2820. The van der Waals surface area contributed by atoms with E-state index >= 15 is 0 Å². The lowest BCUT2D eigenvalue weighted by Gasteiger charge is -2.20. The average Bonchev–Trinajstić information content (AvgIpc) is 3.85. The molecular formula is C50H32O. The van der Waals surface area contributed by atoms with Crippen LogP contribution in [0.5, 0.6) is 0 Å². The van der Waals surface area contributed by atoms with Crippen LogP contribution in [-0.2, 0) is 0 Å². The number of hydrogen-bond acceptors (Lipinski definition) is 1. The molecule has 1 heteroatoms. The van der Waals surface area contributed by atoms with Gasteiger partial charge in [-0.2, -0.15) is 0 Å². The van der Waals surface area contributed by atoms with Gasteiger partial charge in [-0.05, 0) is 102 Å². The molecule has 51 heavy (non-hydrogen) atoms. The smallest absolute Gasteiger partial charge is 0.136 e. The summed E-state index contributed by atoms with van der Waals surface area (Å²) < 4.78 is 6.34. The lowest BCUT2D eigenvalue weighted by molar-refractivity contribution is 0.669. The molecule has 2 aliphatic carbocycles. The van der Waals surface area contributed by atoms with Crippen molar-refractivity contribution in [2.75, 3.05) is 0 Å². The van der Waals surface area contributed by atoms with Crippen LogP contribution in [0.2, 0.25) is 0 Å². The Labute approximate surface area is 297 Å². The summed E-state index contributed by atoms with van der Waals surface area (Å²) in [7, 11) is 0. The third-order valence-electron chi connectivity index (χ3n) is 11.3. The van der Waals surface area contributed by atoms with E-state index in [0.29, 0.717) is 0 Å². The first-order valence-electron chi connectivity index (χ1n) is 17.8. The predicted octanol–water partition coefficient (Wildman–Crippen LogP) is 13.2. The molecule has 1 heterocycles. The molecule has 0 bridgehead atoms.